The van der Waals surface area contributed by atoms with Gasteiger partial charge in [0.1, 0.15) is 5.75 Å². The highest BCUT2D eigenvalue weighted by molar-refractivity contribution is 5.96. The van der Waals surface area contributed by atoms with Gasteiger partial charge in [0, 0.05) is 5.69 Å². The Bertz CT molecular complexity index is 741. The molecule has 0 aromatic heterocycles. The van der Waals surface area contributed by atoms with Crippen LogP contribution in [0, 0.1) is 0 Å². The van der Waals surface area contributed by atoms with Gasteiger partial charge in [-0.25, -0.2) is 0 Å². The molecular formula is C20H24N2O3. The molecule has 3 N–H and O–H groups in total. The van der Waals surface area contributed by atoms with Crippen molar-refractivity contribution in [3.8, 4) is 5.75 Å². The summed E-state index contributed by atoms with van der Waals surface area (Å²) in [4.78, 5) is 23.7. The van der Waals surface area contributed by atoms with Gasteiger partial charge in [0.15, 0.2) is 6.10 Å². The van der Waals surface area contributed by atoms with Crippen LogP contribution in [0.2, 0.25) is 0 Å². The first kappa shape index (κ1) is 18.5. The van der Waals surface area contributed by atoms with Crippen LogP contribution >= 0.6 is 0 Å². The number of carbonyl (C=O) groups excluding carboxylic acids is 2. The fraction of sp³-hybridized carbons (Fsp3) is 0.300. The highest BCUT2D eigenvalue weighted by atomic mass is 16.5. The van der Waals surface area contributed by atoms with Gasteiger partial charge in [0.05, 0.1) is 5.56 Å². The molecule has 0 unspecified atom stereocenters. The number of hydrogen-bond acceptors (Lipinski definition) is 3. The van der Waals surface area contributed by atoms with E-state index in [9.17, 15) is 9.59 Å². The quantitative estimate of drug-likeness (QED) is 0.806. The molecule has 25 heavy (non-hydrogen) atoms. The van der Waals surface area contributed by atoms with Crippen LogP contribution in [0.15, 0.2) is 48.5 Å². The molecule has 0 aliphatic heterocycles. The zero-order valence-corrected chi connectivity index (χ0v) is 14.8. The summed E-state index contributed by atoms with van der Waals surface area (Å²) in [5, 5.41) is 2.81. The van der Waals surface area contributed by atoms with E-state index >= 15 is 0 Å². The van der Waals surface area contributed by atoms with E-state index in [1.165, 1.54) is 5.56 Å². The van der Waals surface area contributed by atoms with Crippen molar-refractivity contribution < 1.29 is 14.3 Å². The Labute approximate surface area is 148 Å². The number of benzene rings is 2. The van der Waals surface area contributed by atoms with E-state index in [0.717, 1.165) is 6.42 Å². The maximum atomic E-state index is 12.3. The molecule has 5 heteroatoms. The number of hydrogen-bond donors (Lipinski definition) is 2. The molecule has 2 aromatic rings. The molecule has 0 heterocycles. The van der Waals surface area contributed by atoms with Crippen LogP contribution in [-0.2, 0) is 4.79 Å². The highest BCUT2D eigenvalue weighted by Gasteiger charge is 2.18. The molecule has 2 rings (SSSR count). The Morgan fingerprint density at radius 2 is 1.72 bits per heavy atom. The summed E-state index contributed by atoms with van der Waals surface area (Å²) in [6, 6.07) is 14.4. The summed E-state index contributed by atoms with van der Waals surface area (Å²) in [7, 11) is 0. The Hall–Kier alpha value is -2.82. The Balaban J connectivity index is 2.02. The number of carbonyl (C=O) groups is 2. The van der Waals surface area contributed by atoms with Crippen molar-refractivity contribution in [2.75, 3.05) is 5.32 Å². The molecule has 2 aromatic carbocycles. The van der Waals surface area contributed by atoms with Crippen LogP contribution in [0.1, 0.15) is 49.0 Å². The Morgan fingerprint density at radius 1 is 1.08 bits per heavy atom. The molecular weight excluding hydrogens is 316 g/mol. The third-order valence-corrected chi connectivity index (χ3v) is 4.19. The minimum Gasteiger partial charge on any atom is -0.480 e. The van der Waals surface area contributed by atoms with E-state index in [1.807, 2.05) is 24.3 Å². The number of para-hydroxylation sites is 1. The van der Waals surface area contributed by atoms with Gasteiger partial charge in [0.25, 0.3) is 11.8 Å². The monoisotopic (exact) mass is 340 g/mol. The molecule has 0 radical (unpaired) electrons. The lowest BCUT2D eigenvalue weighted by atomic mass is 9.99. The normalized spacial score (nSPS) is 12.9. The van der Waals surface area contributed by atoms with Crippen LogP contribution in [-0.4, -0.2) is 17.9 Å². The number of nitrogens with one attached hydrogen (secondary N) is 1. The average molecular weight is 340 g/mol. The maximum Gasteiger partial charge on any atom is 0.265 e. The topological polar surface area (TPSA) is 81.4 Å². The first-order chi connectivity index (χ1) is 11.9. The van der Waals surface area contributed by atoms with Gasteiger partial charge in [0.2, 0.25) is 0 Å². The molecule has 0 aliphatic carbocycles. The van der Waals surface area contributed by atoms with Crippen LogP contribution in [0.5, 0.6) is 5.75 Å². The number of nitrogens with two attached hydrogens (primary N) is 1. The Morgan fingerprint density at radius 3 is 2.32 bits per heavy atom. The van der Waals surface area contributed by atoms with E-state index in [0.29, 0.717) is 17.4 Å². The minimum absolute atomic E-state index is 0.250. The second-order valence-corrected chi connectivity index (χ2v) is 6.04. The average Bonchev–Trinajstić information content (AvgIpc) is 2.61. The molecule has 0 spiro atoms. The van der Waals surface area contributed by atoms with E-state index in [4.69, 9.17) is 10.5 Å². The van der Waals surface area contributed by atoms with Crippen molar-refractivity contribution in [2.24, 2.45) is 5.73 Å². The Kier molecular flexibility index (Phi) is 6.17. The number of primary amides is 1. The lowest BCUT2D eigenvalue weighted by Gasteiger charge is -2.17. The second kappa shape index (κ2) is 8.33. The number of amides is 2. The third kappa shape index (κ3) is 4.83. The van der Waals surface area contributed by atoms with Gasteiger partial charge in [-0.3, -0.25) is 9.59 Å². The van der Waals surface area contributed by atoms with Gasteiger partial charge >= 0.3 is 0 Å². The molecule has 0 fully saturated rings. The molecule has 5 nitrogen and oxygen atoms in total. The van der Waals surface area contributed by atoms with Crippen LogP contribution in [0.25, 0.3) is 0 Å². The summed E-state index contributed by atoms with van der Waals surface area (Å²) in [5.74, 6) is -0.110. The minimum atomic E-state index is -0.769. The second-order valence-electron chi connectivity index (χ2n) is 6.04. The van der Waals surface area contributed by atoms with Crippen LogP contribution in [0.3, 0.4) is 0 Å². The predicted molar refractivity (Wildman–Crippen MR) is 98.8 cm³/mol. The fourth-order valence-corrected chi connectivity index (χ4v) is 2.39. The van der Waals surface area contributed by atoms with Gasteiger partial charge in [-0.05, 0) is 49.1 Å². The maximum absolute atomic E-state index is 12.3. The van der Waals surface area contributed by atoms with E-state index in [2.05, 4.69) is 19.2 Å². The first-order valence-corrected chi connectivity index (χ1v) is 8.38. The molecule has 0 bridgehead atoms. The van der Waals surface area contributed by atoms with Gasteiger partial charge in [-0.1, -0.05) is 38.1 Å². The number of ether oxygens (including phenoxy) is 1. The van der Waals surface area contributed by atoms with E-state index < -0.39 is 12.0 Å². The summed E-state index contributed by atoms with van der Waals surface area (Å²) in [6.45, 7) is 5.93. The van der Waals surface area contributed by atoms with Crippen LogP contribution < -0.4 is 15.8 Å². The van der Waals surface area contributed by atoms with Crippen molar-refractivity contribution in [2.45, 2.75) is 39.2 Å². The first-order valence-electron chi connectivity index (χ1n) is 8.38. The predicted octanol–water partition coefficient (Wildman–Crippen LogP) is 3.71. The fourth-order valence-electron chi connectivity index (χ4n) is 2.39. The molecule has 2 atom stereocenters. The van der Waals surface area contributed by atoms with Gasteiger partial charge < -0.3 is 15.8 Å². The number of anilines is 1. The van der Waals surface area contributed by atoms with Crippen LogP contribution in [0.4, 0.5) is 5.69 Å². The third-order valence-electron chi connectivity index (χ3n) is 4.19. The summed E-state index contributed by atoms with van der Waals surface area (Å²) < 4.78 is 5.61. The standard InChI is InChI=1S/C20H24N2O3/c1-4-13(2)15-9-11-16(12-10-15)22-20(24)14(3)25-18-8-6-5-7-17(18)19(21)23/h5-14H,4H2,1-3H3,(H2,21,23)(H,22,24)/t13-,14-/m0/s1. The van der Waals surface area contributed by atoms with Crippen molar-refractivity contribution in [1.29, 1.82) is 0 Å². The molecule has 132 valence electrons. The van der Waals surface area contributed by atoms with Gasteiger partial charge in [-0.2, -0.15) is 0 Å². The van der Waals surface area contributed by atoms with Crippen molar-refractivity contribution in [3.63, 3.8) is 0 Å². The number of rotatable bonds is 7. The highest BCUT2D eigenvalue weighted by Crippen LogP contribution is 2.21. The van der Waals surface area contributed by atoms with E-state index in [1.54, 1.807) is 31.2 Å². The molecule has 0 saturated carbocycles. The lowest BCUT2D eigenvalue weighted by Crippen LogP contribution is -2.30. The largest absolute Gasteiger partial charge is 0.480 e. The summed E-state index contributed by atoms with van der Waals surface area (Å²) in [6.07, 6.45) is 0.297. The lowest BCUT2D eigenvalue weighted by molar-refractivity contribution is -0.122. The van der Waals surface area contributed by atoms with Crippen molar-refractivity contribution in [1.82, 2.24) is 0 Å². The van der Waals surface area contributed by atoms with Crippen molar-refractivity contribution >= 4 is 17.5 Å². The van der Waals surface area contributed by atoms with E-state index in [-0.39, 0.29) is 11.5 Å². The zero-order chi connectivity index (χ0) is 18.4. The van der Waals surface area contributed by atoms with Gasteiger partial charge in [-0.15, -0.1) is 0 Å². The molecule has 0 aliphatic rings. The zero-order valence-electron chi connectivity index (χ0n) is 14.8. The SMILES string of the molecule is CC[C@H](C)c1ccc(NC(=O)[C@H](C)Oc2ccccc2C(N)=O)cc1. The summed E-state index contributed by atoms with van der Waals surface area (Å²) >= 11 is 0. The molecule has 0 saturated heterocycles. The molecule has 2 amide bonds. The smallest absolute Gasteiger partial charge is 0.265 e. The van der Waals surface area contributed by atoms with Crippen molar-refractivity contribution in [3.05, 3.63) is 59.7 Å². The summed E-state index contributed by atoms with van der Waals surface area (Å²) in [5.41, 5.74) is 7.51.